The quantitative estimate of drug-likeness (QED) is 0.608. The summed E-state index contributed by atoms with van der Waals surface area (Å²) in [4.78, 5) is 0. The molecule has 0 aromatic carbocycles. The molecular formula is C8H9NO2. The van der Waals surface area contributed by atoms with Gasteiger partial charge in [-0.05, 0) is 13.8 Å². The first-order chi connectivity index (χ1) is 5.16. The summed E-state index contributed by atoms with van der Waals surface area (Å²) < 4.78 is 4.81. The van der Waals surface area contributed by atoms with E-state index in [1.165, 1.54) is 0 Å². The van der Waals surface area contributed by atoms with Gasteiger partial charge in [0, 0.05) is 0 Å². The molecule has 1 aromatic rings. The van der Waals surface area contributed by atoms with Gasteiger partial charge in [-0.15, -0.1) is 6.42 Å². The standard InChI is InChI=1S/C8H9NO2/c1-4-7(10)8-5(2)9-11-6(8)3/h1,7,10H,2-3H3/t7-/m1/s1. The first kappa shape index (κ1) is 7.83. The fourth-order valence-electron chi connectivity index (χ4n) is 0.964. The minimum atomic E-state index is -0.902. The van der Waals surface area contributed by atoms with Crippen molar-refractivity contribution < 1.29 is 9.63 Å². The average molecular weight is 151 g/mol. The van der Waals surface area contributed by atoms with Gasteiger partial charge in [0.25, 0.3) is 0 Å². The molecule has 0 saturated heterocycles. The predicted octanol–water partition coefficient (Wildman–Crippen LogP) is 0.958. The van der Waals surface area contributed by atoms with Gasteiger partial charge in [-0.1, -0.05) is 11.1 Å². The first-order valence-electron chi connectivity index (χ1n) is 3.23. The zero-order chi connectivity index (χ0) is 8.43. The van der Waals surface area contributed by atoms with Crippen LogP contribution in [0.1, 0.15) is 23.1 Å². The van der Waals surface area contributed by atoms with Crippen LogP contribution >= 0.6 is 0 Å². The van der Waals surface area contributed by atoms with Gasteiger partial charge in [-0.3, -0.25) is 0 Å². The molecule has 58 valence electrons. The molecule has 0 bridgehead atoms. The van der Waals surface area contributed by atoms with E-state index in [2.05, 4.69) is 11.1 Å². The summed E-state index contributed by atoms with van der Waals surface area (Å²) >= 11 is 0. The Balaban J connectivity index is 3.12. The van der Waals surface area contributed by atoms with Crippen molar-refractivity contribution in [2.75, 3.05) is 0 Å². The van der Waals surface area contributed by atoms with Crippen LogP contribution in [0.4, 0.5) is 0 Å². The van der Waals surface area contributed by atoms with Crippen molar-refractivity contribution in [2.45, 2.75) is 20.0 Å². The molecule has 3 heteroatoms. The minimum absolute atomic E-state index is 0.577. The second-order valence-corrected chi connectivity index (χ2v) is 2.31. The molecule has 0 radical (unpaired) electrons. The van der Waals surface area contributed by atoms with E-state index in [-0.39, 0.29) is 0 Å². The van der Waals surface area contributed by atoms with Gasteiger partial charge < -0.3 is 9.63 Å². The number of aliphatic hydroxyl groups excluding tert-OH is 1. The highest BCUT2D eigenvalue weighted by molar-refractivity contribution is 5.28. The number of hydrogen-bond donors (Lipinski definition) is 1. The monoisotopic (exact) mass is 151 g/mol. The maximum absolute atomic E-state index is 9.24. The first-order valence-corrected chi connectivity index (χ1v) is 3.23. The Morgan fingerprint density at radius 1 is 1.64 bits per heavy atom. The lowest BCUT2D eigenvalue weighted by atomic mass is 10.1. The van der Waals surface area contributed by atoms with E-state index in [1.807, 2.05) is 0 Å². The number of hydrogen-bond acceptors (Lipinski definition) is 3. The smallest absolute Gasteiger partial charge is 0.145 e. The average Bonchev–Trinajstić information content (AvgIpc) is 2.30. The van der Waals surface area contributed by atoms with E-state index in [9.17, 15) is 5.11 Å². The lowest BCUT2D eigenvalue weighted by Gasteiger charge is -1.99. The Morgan fingerprint density at radius 3 is 2.64 bits per heavy atom. The number of aliphatic hydroxyl groups is 1. The van der Waals surface area contributed by atoms with E-state index in [1.54, 1.807) is 13.8 Å². The zero-order valence-electron chi connectivity index (χ0n) is 6.46. The minimum Gasteiger partial charge on any atom is -0.376 e. The van der Waals surface area contributed by atoms with Crippen LogP contribution in [-0.4, -0.2) is 10.3 Å². The lowest BCUT2D eigenvalue weighted by molar-refractivity contribution is 0.235. The summed E-state index contributed by atoms with van der Waals surface area (Å²) in [6.07, 6.45) is 4.13. The van der Waals surface area contributed by atoms with Gasteiger partial charge in [-0.2, -0.15) is 0 Å². The fraction of sp³-hybridized carbons (Fsp3) is 0.375. The molecular weight excluding hydrogens is 142 g/mol. The van der Waals surface area contributed by atoms with Crippen LogP contribution in [0.3, 0.4) is 0 Å². The summed E-state index contributed by atoms with van der Waals surface area (Å²) in [5.41, 5.74) is 1.25. The molecule has 1 aromatic heterocycles. The lowest BCUT2D eigenvalue weighted by Crippen LogP contribution is -1.95. The SMILES string of the molecule is C#C[C@@H](O)c1c(C)noc1C. The summed E-state index contributed by atoms with van der Waals surface area (Å²) in [7, 11) is 0. The molecule has 0 saturated carbocycles. The third-order valence-electron chi connectivity index (χ3n) is 1.52. The molecule has 0 spiro atoms. The second kappa shape index (κ2) is 2.77. The number of nitrogens with zero attached hydrogens (tertiary/aromatic N) is 1. The second-order valence-electron chi connectivity index (χ2n) is 2.31. The Labute approximate surface area is 65.0 Å². The molecule has 0 aliphatic rings. The van der Waals surface area contributed by atoms with Crippen LogP contribution < -0.4 is 0 Å². The normalized spacial score (nSPS) is 12.5. The Morgan fingerprint density at radius 2 is 2.27 bits per heavy atom. The molecule has 1 atom stereocenters. The highest BCUT2D eigenvalue weighted by Gasteiger charge is 2.14. The molecule has 0 fully saturated rings. The van der Waals surface area contributed by atoms with Gasteiger partial charge in [-0.25, -0.2) is 0 Å². The van der Waals surface area contributed by atoms with Crippen LogP contribution in [-0.2, 0) is 0 Å². The zero-order valence-corrected chi connectivity index (χ0v) is 6.46. The van der Waals surface area contributed by atoms with Crippen molar-refractivity contribution >= 4 is 0 Å². The molecule has 3 nitrogen and oxygen atoms in total. The molecule has 0 aliphatic heterocycles. The molecule has 1 N–H and O–H groups in total. The Bertz CT molecular complexity index is 276. The van der Waals surface area contributed by atoms with Gasteiger partial charge >= 0.3 is 0 Å². The van der Waals surface area contributed by atoms with Crippen molar-refractivity contribution in [2.24, 2.45) is 0 Å². The third kappa shape index (κ3) is 1.26. The van der Waals surface area contributed by atoms with Crippen molar-refractivity contribution in [3.63, 3.8) is 0 Å². The highest BCUT2D eigenvalue weighted by atomic mass is 16.5. The highest BCUT2D eigenvalue weighted by Crippen LogP contribution is 2.19. The van der Waals surface area contributed by atoms with Crippen molar-refractivity contribution in [1.82, 2.24) is 5.16 Å². The van der Waals surface area contributed by atoms with Gasteiger partial charge in [0.15, 0.2) is 0 Å². The molecule has 1 heterocycles. The summed E-state index contributed by atoms with van der Waals surface area (Å²) in [6, 6.07) is 0. The van der Waals surface area contributed by atoms with Crippen LogP contribution in [0, 0.1) is 26.2 Å². The topological polar surface area (TPSA) is 46.3 Å². The summed E-state index contributed by atoms with van der Waals surface area (Å²) in [6.45, 7) is 3.46. The van der Waals surface area contributed by atoms with E-state index in [0.29, 0.717) is 17.0 Å². The largest absolute Gasteiger partial charge is 0.376 e. The van der Waals surface area contributed by atoms with E-state index in [4.69, 9.17) is 10.9 Å². The molecule has 0 unspecified atom stereocenters. The number of terminal acetylenes is 1. The van der Waals surface area contributed by atoms with Crippen LogP contribution in [0.5, 0.6) is 0 Å². The molecule has 1 rings (SSSR count). The molecule has 0 aliphatic carbocycles. The van der Waals surface area contributed by atoms with Gasteiger partial charge in [0.05, 0.1) is 11.3 Å². The van der Waals surface area contributed by atoms with Crippen LogP contribution in [0.25, 0.3) is 0 Å². The van der Waals surface area contributed by atoms with E-state index >= 15 is 0 Å². The Kier molecular flexibility index (Phi) is 1.97. The van der Waals surface area contributed by atoms with E-state index in [0.717, 1.165) is 0 Å². The Hall–Kier alpha value is -1.27. The molecule has 11 heavy (non-hydrogen) atoms. The summed E-state index contributed by atoms with van der Waals surface area (Å²) in [5, 5.41) is 12.9. The maximum atomic E-state index is 9.24. The molecule has 0 amide bonds. The van der Waals surface area contributed by atoms with Gasteiger partial charge in [0.2, 0.25) is 0 Å². The predicted molar refractivity (Wildman–Crippen MR) is 39.8 cm³/mol. The maximum Gasteiger partial charge on any atom is 0.145 e. The number of rotatable bonds is 1. The number of aryl methyl sites for hydroxylation is 2. The van der Waals surface area contributed by atoms with Crippen LogP contribution in [0.15, 0.2) is 4.52 Å². The summed E-state index contributed by atoms with van der Waals surface area (Å²) in [5.74, 6) is 2.78. The van der Waals surface area contributed by atoms with E-state index < -0.39 is 6.10 Å². The number of aromatic nitrogens is 1. The van der Waals surface area contributed by atoms with Crippen molar-refractivity contribution in [3.05, 3.63) is 17.0 Å². The third-order valence-corrected chi connectivity index (χ3v) is 1.52. The van der Waals surface area contributed by atoms with Gasteiger partial charge in [0.1, 0.15) is 11.9 Å². The van der Waals surface area contributed by atoms with Crippen LogP contribution in [0.2, 0.25) is 0 Å². The van der Waals surface area contributed by atoms with Crippen molar-refractivity contribution in [1.29, 1.82) is 0 Å². The van der Waals surface area contributed by atoms with Crippen molar-refractivity contribution in [3.8, 4) is 12.3 Å². The fourth-order valence-corrected chi connectivity index (χ4v) is 0.964.